The molecule has 3 heterocycles. The lowest BCUT2D eigenvalue weighted by molar-refractivity contribution is 0.0841. The van der Waals surface area contributed by atoms with Crippen molar-refractivity contribution in [2.24, 2.45) is 0 Å². The SMILES string of the molecule is Cc1ncoc1COc1ccc2c(c1)CCN(C[C@@H](O)CNC(=O)c1cc(NC3CCC3)nc(NC3CCC3)c1)C2. The first kappa shape index (κ1) is 27.5. The van der Waals surface area contributed by atoms with Crippen molar-refractivity contribution in [3.05, 3.63) is 64.9 Å². The Bertz CT molecular complexity index is 1320. The first-order valence-corrected chi connectivity index (χ1v) is 14.9. The number of ether oxygens (including phenoxy) is 1. The predicted molar refractivity (Wildman–Crippen MR) is 156 cm³/mol. The lowest BCUT2D eigenvalue weighted by atomic mass is 9.93. The van der Waals surface area contributed by atoms with Crippen molar-refractivity contribution in [2.75, 3.05) is 30.3 Å². The highest BCUT2D eigenvalue weighted by Gasteiger charge is 2.23. The summed E-state index contributed by atoms with van der Waals surface area (Å²) in [6.45, 7) is 4.51. The highest BCUT2D eigenvalue weighted by atomic mass is 16.5. The lowest BCUT2D eigenvalue weighted by Crippen LogP contribution is -2.42. The third-order valence-electron chi connectivity index (χ3n) is 8.45. The fraction of sp³-hybridized carbons (Fsp3) is 0.516. The van der Waals surface area contributed by atoms with Gasteiger partial charge in [0.25, 0.3) is 5.91 Å². The maximum absolute atomic E-state index is 13.1. The standard InChI is InChI=1S/C31H40N6O4/c1-20-28(41-19-33-20)18-40-27-9-8-22-16-37(11-10-21(22)12-27)17-26(38)15-32-31(39)23-13-29(34-24-4-2-5-24)36-30(14-23)35-25-6-3-7-25/h8-9,12-14,19,24-26,38H,2-7,10-11,15-18H2,1H3,(H,32,39)(H2,34,35,36)/t26-/m0/s1. The Labute approximate surface area is 240 Å². The molecule has 1 aliphatic heterocycles. The third kappa shape index (κ3) is 7.00. The van der Waals surface area contributed by atoms with Crippen LogP contribution in [0.25, 0.3) is 0 Å². The summed E-state index contributed by atoms with van der Waals surface area (Å²) < 4.78 is 11.3. The van der Waals surface area contributed by atoms with Crippen LogP contribution in [0.15, 0.2) is 41.1 Å². The molecule has 0 unspecified atom stereocenters. The molecule has 6 rings (SSSR count). The van der Waals surface area contributed by atoms with Crippen LogP contribution in [0.5, 0.6) is 5.75 Å². The molecule has 3 aliphatic rings. The number of hydrogen-bond acceptors (Lipinski definition) is 9. The summed E-state index contributed by atoms with van der Waals surface area (Å²) >= 11 is 0. The predicted octanol–water partition coefficient (Wildman–Crippen LogP) is 4.03. The number of aromatic nitrogens is 2. The Hall–Kier alpha value is -3.63. The molecular weight excluding hydrogens is 520 g/mol. The molecule has 2 saturated carbocycles. The van der Waals surface area contributed by atoms with Crippen LogP contribution in [0.1, 0.15) is 71.5 Å². The number of amides is 1. The number of fused-ring (bicyclic) bond motifs is 1. The van der Waals surface area contributed by atoms with Crippen molar-refractivity contribution in [1.29, 1.82) is 0 Å². The molecule has 1 atom stereocenters. The number of aliphatic hydroxyl groups excluding tert-OH is 1. The number of β-amino-alcohol motifs (C(OH)–C–C–N with tert-alkyl or cyclic N) is 1. The molecule has 4 N–H and O–H groups in total. The maximum atomic E-state index is 13.1. The largest absolute Gasteiger partial charge is 0.486 e. The first-order chi connectivity index (χ1) is 20.0. The van der Waals surface area contributed by atoms with Gasteiger partial charge in [0.05, 0.1) is 11.8 Å². The van der Waals surface area contributed by atoms with E-state index in [4.69, 9.17) is 14.1 Å². The number of anilines is 2. The van der Waals surface area contributed by atoms with Crippen LogP contribution in [-0.2, 0) is 19.6 Å². The second kappa shape index (κ2) is 12.5. The molecule has 10 heteroatoms. The van der Waals surface area contributed by atoms with Gasteiger partial charge in [-0.25, -0.2) is 9.97 Å². The number of carbonyl (C=O) groups excluding carboxylic acids is 1. The summed E-state index contributed by atoms with van der Waals surface area (Å²) in [7, 11) is 0. The van der Waals surface area contributed by atoms with Gasteiger partial charge in [-0.15, -0.1) is 0 Å². The van der Waals surface area contributed by atoms with Gasteiger partial charge >= 0.3 is 0 Å². The second-order valence-electron chi connectivity index (χ2n) is 11.6. The van der Waals surface area contributed by atoms with Crippen molar-refractivity contribution >= 4 is 17.5 Å². The van der Waals surface area contributed by atoms with Crippen LogP contribution >= 0.6 is 0 Å². The van der Waals surface area contributed by atoms with Crippen LogP contribution in [0.3, 0.4) is 0 Å². The average Bonchev–Trinajstić information content (AvgIpc) is 3.34. The van der Waals surface area contributed by atoms with E-state index in [0.717, 1.165) is 74.0 Å². The van der Waals surface area contributed by atoms with Crippen LogP contribution in [0.2, 0.25) is 0 Å². The van der Waals surface area contributed by atoms with Gasteiger partial charge in [-0.2, -0.15) is 0 Å². The number of rotatable bonds is 12. The summed E-state index contributed by atoms with van der Waals surface area (Å²) in [5, 5.41) is 20.6. The smallest absolute Gasteiger partial charge is 0.251 e. The summed E-state index contributed by atoms with van der Waals surface area (Å²) in [6, 6.07) is 10.6. The molecule has 0 bridgehead atoms. The molecular formula is C31H40N6O4. The summed E-state index contributed by atoms with van der Waals surface area (Å²) in [5.41, 5.74) is 3.88. The minimum atomic E-state index is -0.671. The summed E-state index contributed by atoms with van der Waals surface area (Å²) in [4.78, 5) is 24.1. The topological polar surface area (TPSA) is 125 Å². The second-order valence-corrected chi connectivity index (χ2v) is 11.6. The van der Waals surface area contributed by atoms with Crippen molar-refractivity contribution < 1.29 is 19.1 Å². The summed E-state index contributed by atoms with van der Waals surface area (Å²) in [6.07, 6.45) is 8.63. The minimum absolute atomic E-state index is 0.190. The Balaban J connectivity index is 0.996. The fourth-order valence-corrected chi connectivity index (χ4v) is 5.46. The van der Waals surface area contributed by atoms with Gasteiger partial charge in [-0.1, -0.05) is 6.07 Å². The molecule has 0 spiro atoms. The van der Waals surface area contributed by atoms with Crippen LogP contribution < -0.4 is 20.7 Å². The van der Waals surface area contributed by atoms with Gasteiger partial charge in [0.1, 0.15) is 24.0 Å². The zero-order chi connectivity index (χ0) is 28.2. The maximum Gasteiger partial charge on any atom is 0.251 e. The molecule has 218 valence electrons. The van der Waals surface area contributed by atoms with Gasteiger partial charge in [-0.3, -0.25) is 9.69 Å². The number of aliphatic hydroxyl groups is 1. The number of aryl methyl sites for hydroxylation is 1. The van der Waals surface area contributed by atoms with Gasteiger partial charge in [0.15, 0.2) is 12.2 Å². The molecule has 2 fully saturated rings. The Kier molecular flexibility index (Phi) is 8.38. The van der Waals surface area contributed by atoms with Crippen molar-refractivity contribution in [1.82, 2.24) is 20.2 Å². The highest BCUT2D eigenvalue weighted by molar-refractivity contribution is 5.95. The Morgan fingerprint density at radius 3 is 2.46 bits per heavy atom. The van der Waals surface area contributed by atoms with Crippen LogP contribution in [-0.4, -0.2) is 63.7 Å². The van der Waals surface area contributed by atoms with Crippen molar-refractivity contribution in [3.8, 4) is 5.75 Å². The van der Waals surface area contributed by atoms with E-state index in [1.165, 1.54) is 30.4 Å². The van der Waals surface area contributed by atoms with E-state index < -0.39 is 6.10 Å². The van der Waals surface area contributed by atoms with E-state index in [0.29, 0.717) is 30.8 Å². The van der Waals surface area contributed by atoms with Gasteiger partial charge < -0.3 is 30.2 Å². The van der Waals surface area contributed by atoms with E-state index in [2.05, 4.69) is 38.0 Å². The number of oxazole rings is 1. The number of pyridine rings is 1. The van der Waals surface area contributed by atoms with Crippen molar-refractivity contribution in [3.63, 3.8) is 0 Å². The quantitative estimate of drug-likeness (QED) is 0.260. The third-order valence-corrected chi connectivity index (χ3v) is 8.45. The lowest BCUT2D eigenvalue weighted by Gasteiger charge is -2.30. The number of benzene rings is 1. The number of nitrogens with zero attached hydrogens (tertiary/aromatic N) is 3. The molecule has 0 saturated heterocycles. The van der Waals surface area contributed by atoms with E-state index in [1.54, 1.807) is 0 Å². The number of hydrogen-bond donors (Lipinski definition) is 4. The van der Waals surface area contributed by atoms with E-state index in [9.17, 15) is 9.90 Å². The molecule has 1 aromatic carbocycles. The van der Waals surface area contributed by atoms with Crippen LogP contribution in [0, 0.1) is 6.92 Å². The van der Waals surface area contributed by atoms with Crippen LogP contribution in [0.4, 0.5) is 11.6 Å². The molecule has 41 heavy (non-hydrogen) atoms. The van der Waals surface area contributed by atoms with Gasteiger partial charge in [0.2, 0.25) is 0 Å². The Morgan fingerprint density at radius 1 is 1.10 bits per heavy atom. The van der Waals surface area contributed by atoms with Gasteiger partial charge in [0, 0.05) is 43.8 Å². The normalized spacial score (nSPS) is 18.1. The summed E-state index contributed by atoms with van der Waals surface area (Å²) in [5.74, 6) is 2.81. The fourth-order valence-electron chi connectivity index (χ4n) is 5.46. The first-order valence-electron chi connectivity index (χ1n) is 14.9. The number of nitrogens with one attached hydrogen (secondary N) is 3. The minimum Gasteiger partial charge on any atom is -0.486 e. The molecule has 2 aliphatic carbocycles. The number of carbonyl (C=O) groups is 1. The molecule has 0 radical (unpaired) electrons. The molecule has 2 aromatic heterocycles. The van der Waals surface area contributed by atoms with E-state index in [-0.39, 0.29) is 12.5 Å². The zero-order valence-corrected chi connectivity index (χ0v) is 23.7. The average molecular weight is 561 g/mol. The van der Waals surface area contributed by atoms with Crippen molar-refractivity contribution in [2.45, 2.75) is 83.2 Å². The Morgan fingerprint density at radius 2 is 1.83 bits per heavy atom. The molecule has 10 nitrogen and oxygen atoms in total. The van der Waals surface area contributed by atoms with E-state index >= 15 is 0 Å². The monoisotopic (exact) mass is 560 g/mol. The van der Waals surface area contributed by atoms with E-state index in [1.807, 2.05) is 25.1 Å². The highest BCUT2D eigenvalue weighted by Crippen LogP contribution is 2.27. The molecule has 3 aromatic rings. The molecule has 1 amide bonds. The van der Waals surface area contributed by atoms with Gasteiger partial charge in [-0.05, 0) is 87.3 Å². The zero-order valence-electron chi connectivity index (χ0n) is 23.7.